The van der Waals surface area contributed by atoms with E-state index in [0.717, 1.165) is 29.8 Å². The molecule has 19 heavy (non-hydrogen) atoms. The second-order valence-corrected chi connectivity index (χ2v) is 4.74. The SMILES string of the molecule is CCCC(=O)N[C@@H](C)c1nc2ccccc2n1CC. The number of hydrogen-bond acceptors (Lipinski definition) is 2. The maximum absolute atomic E-state index is 11.7. The lowest BCUT2D eigenvalue weighted by Gasteiger charge is -2.15. The molecule has 0 aliphatic carbocycles. The minimum Gasteiger partial charge on any atom is -0.346 e. The molecule has 0 unspecified atom stereocenters. The Labute approximate surface area is 113 Å². The van der Waals surface area contributed by atoms with E-state index >= 15 is 0 Å². The highest BCUT2D eigenvalue weighted by Gasteiger charge is 2.16. The fourth-order valence-corrected chi connectivity index (χ4v) is 2.36. The van der Waals surface area contributed by atoms with E-state index < -0.39 is 0 Å². The number of rotatable bonds is 5. The number of aryl methyl sites for hydroxylation is 1. The molecule has 1 aromatic carbocycles. The average molecular weight is 259 g/mol. The Balaban J connectivity index is 2.30. The van der Waals surface area contributed by atoms with Crippen LogP contribution in [0.4, 0.5) is 0 Å². The molecule has 0 aliphatic heterocycles. The van der Waals surface area contributed by atoms with Gasteiger partial charge < -0.3 is 9.88 Å². The van der Waals surface area contributed by atoms with Crippen molar-refractivity contribution in [2.45, 2.75) is 46.2 Å². The molecule has 4 heteroatoms. The summed E-state index contributed by atoms with van der Waals surface area (Å²) in [5.41, 5.74) is 2.10. The first-order valence-corrected chi connectivity index (χ1v) is 6.91. The highest BCUT2D eigenvalue weighted by atomic mass is 16.1. The summed E-state index contributed by atoms with van der Waals surface area (Å²) < 4.78 is 2.16. The monoisotopic (exact) mass is 259 g/mol. The van der Waals surface area contributed by atoms with Crippen LogP contribution in [-0.2, 0) is 11.3 Å². The van der Waals surface area contributed by atoms with Crippen molar-refractivity contribution in [2.75, 3.05) is 0 Å². The number of imidazole rings is 1. The second-order valence-electron chi connectivity index (χ2n) is 4.74. The van der Waals surface area contributed by atoms with E-state index in [-0.39, 0.29) is 11.9 Å². The first kappa shape index (κ1) is 13.6. The Bertz CT molecular complexity index is 574. The third-order valence-electron chi connectivity index (χ3n) is 3.24. The molecule has 0 aliphatic rings. The van der Waals surface area contributed by atoms with Crippen LogP contribution in [0.25, 0.3) is 11.0 Å². The molecule has 0 radical (unpaired) electrons. The minimum atomic E-state index is -0.0635. The molecule has 0 saturated heterocycles. The van der Waals surface area contributed by atoms with Gasteiger partial charge in [0.05, 0.1) is 17.1 Å². The second kappa shape index (κ2) is 5.87. The molecule has 0 spiro atoms. The van der Waals surface area contributed by atoms with Crippen molar-refractivity contribution in [2.24, 2.45) is 0 Å². The van der Waals surface area contributed by atoms with E-state index in [0.29, 0.717) is 6.42 Å². The van der Waals surface area contributed by atoms with E-state index in [1.165, 1.54) is 0 Å². The van der Waals surface area contributed by atoms with Gasteiger partial charge in [0.1, 0.15) is 5.82 Å². The third-order valence-corrected chi connectivity index (χ3v) is 3.24. The van der Waals surface area contributed by atoms with E-state index in [4.69, 9.17) is 0 Å². The number of carbonyl (C=O) groups is 1. The number of benzene rings is 1. The molecule has 1 aromatic heterocycles. The van der Waals surface area contributed by atoms with E-state index in [2.05, 4.69) is 27.9 Å². The maximum atomic E-state index is 11.7. The van der Waals surface area contributed by atoms with Gasteiger partial charge in [-0.2, -0.15) is 0 Å². The lowest BCUT2D eigenvalue weighted by Crippen LogP contribution is -2.28. The standard InChI is InChI=1S/C15H21N3O/c1-4-8-14(19)16-11(3)15-17-12-9-6-7-10-13(12)18(15)5-2/h6-7,9-11H,4-5,8H2,1-3H3,(H,16,19)/t11-/m0/s1. The summed E-state index contributed by atoms with van der Waals surface area (Å²) in [6.45, 7) is 6.94. The van der Waals surface area contributed by atoms with Crippen LogP contribution >= 0.6 is 0 Å². The van der Waals surface area contributed by atoms with Crippen LogP contribution in [0, 0.1) is 0 Å². The Morgan fingerprint density at radius 3 is 2.79 bits per heavy atom. The quantitative estimate of drug-likeness (QED) is 0.897. The highest BCUT2D eigenvalue weighted by Crippen LogP contribution is 2.20. The number of aromatic nitrogens is 2. The number of para-hydroxylation sites is 2. The molecule has 0 saturated carbocycles. The summed E-state index contributed by atoms with van der Waals surface area (Å²) in [7, 11) is 0. The van der Waals surface area contributed by atoms with E-state index in [1.54, 1.807) is 0 Å². The average Bonchev–Trinajstić information content (AvgIpc) is 2.77. The van der Waals surface area contributed by atoms with Crippen LogP contribution in [0.15, 0.2) is 24.3 Å². The van der Waals surface area contributed by atoms with Gasteiger partial charge in [0, 0.05) is 13.0 Å². The number of hydrogen-bond donors (Lipinski definition) is 1. The van der Waals surface area contributed by atoms with Gasteiger partial charge in [-0.05, 0) is 32.4 Å². The van der Waals surface area contributed by atoms with Crippen LogP contribution < -0.4 is 5.32 Å². The summed E-state index contributed by atoms with van der Waals surface area (Å²) >= 11 is 0. The Kier molecular flexibility index (Phi) is 4.20. The smallest absolute Gasteiger partial charge is 0.220 e. The van der Waals surface area contributed by atoms with E-state index in [9.17, 15) is 4.79 Å². The fraction of sp³-hybridized carbons (Fsp3) is 0.467. The molecule has 102 valence electrons. The minimum absolute atomic E-state index is 0.0635. The summed E-state index contributed by atoms with van der Waals surface area (Å²) in [5.74, 6) is 1.01. The summed E-state index contributed by atoms with van der Waals surface area (Å²) in [6.07, 6.45) is 1.43. The molecule has 2 aromatic rings. The van der Waals surface area contributed by atoms with Crippen molar-refractivity contribution in [3.63, 3.8) is 0 Å². The zero-order valence-electron chi connectivity index (χ0n) is 11.8. The molecular formula is C15H21N3O. The van der Waals surface area contributed by atoms with Gasteiger partial charge in [-0.3, -0.25) is 4.79 Å². The van der Waals surface area contributed by atoms with Crippen molar-refractivity contribution >= 4 is 16.9 Å². The topological polar surface area (TPSA) is 46.9 Å². The lowest BCUT2D eigenvalue weighted by atomic mass is 10.2. The molecule has 0 fully saturated rings. The molecule has 2 rings (SSSR count). The van der Waals surface area contributed by atoms with Crippen LogP contribution in [0.5, 0.6) is 0 Å². The van der Waals surface area contributed by atoms with Crippen LogP contribution in [0.3, 0.4) is 0 Å². The normalized spacial score (nSPS) is 12.6. The molecule has 1 heterocycles. The Hall–Kier alpha value is -1.84. The first-order chi connectivity index (χ1) is 9.17. The number of nitrogens with one attached hydrogen (secondary N) is 1. The number of nitrogens with zero attached hydrogens (tertiary/aromatic N) is 2. The Morgan fingerprint density at radius 1 is 1.37 bits per heavy atom. The zero-order valence-corrected chi connectivity index (χ0v) is 11.8. The van der Waals surface area contributed by atoms with Gasteiger partial charge in [-0.15, -0.1) is 0 Å². The van der Waals surface area contributed by atoms with Crippen LogP contribution in [0.2, 0.25) is 0 Å². The summed E-state index contributed by atoms with van der Waals surface area (Å²) in [6, 6.07) is 8.01. The first-order valence-electron chi connectivity index (χ1n) is 6.91. The largest absolute Gasteiger partial charge is 0.346 e. The summed E-state index contributed by atoms with van der Waals surface area (Å²) in [5, 5.41) is 3.01. The predicted molar refractivity (Wildman–Crippen MR) is 76.9 cm³/mol. The Morgan fingerprint density at radius 2 is 2.11 bits per heavy atom. The van der Waals surface area contributed by atoms with Crippen LogP contribution in [-0.4, -0.2) is 15.5 Å². The third kappa shape index (κ3) is 2.78. The van der Waals surface area contributed by atoms with Gasteiger partial charge in [0.25, 0.3) is 0 Å². The molecule has 1 amide bonds. The van der Waals surface area contributed by atoms with Crippen molar-refractivity contribution in [1.29, 1.82) is 0 Å². The molecular weight excluding hydrogens is 238 g/mol. The van der Waals surface area contributed by atoms with Crippen molar-refractivity contribution in [3.8, 4) is 0 Å². The highest BCUT2D eigenvalue weighted by molar-refractivity contribution is 5.78. The fourth-order valence-electron chi connectivity index (χ4n) is 2.36. The number of carbonyl (C=O) groups excluding carboxylic acids is 1. The summed E-state index contributed by atoms with van der Waals surface area (Å²) in [4.78, 5) is 16.3. The maximum Gasteiger partial charge on any atom is 0.220 e. The van der Waals surface area contributed by atoms with Gasteiger partial charge in [0.15, 0.2) is 0 Å². The van der Waals surface area contributed by atoms with E-state index in [1.807, 2.05) is 32.0 Å². The van der Waals surface area contributed by atoms with Gasteiger partial charge >= 0.3 is 0 Å². The zero-order chi connectivity index (χ0) is 13.8. The lowest BCUT2D eigenvalue weighted by molar-refractivity contribution is -0.121. The predicted octanol–water partition coefficient (Wildman–Crippen LogP) is 3.03. The molecule has 0 bridgehead atoms. The number of amides is 1. The van der Waals surface area contributed by atoms with Gasteiger partial charge in [0.2, 0.25) is 5.91 Å². The molecule has 1 atom stereocenters. The van der Waals surface area contributed by atoms with Crippen molar-refractivity contribution < 1.29 is 4.79 Å². The van der Waals surface area contributed by atoms with Gasteiger partial charge in [-0.25, -0.2) is 4.98 Å². The molecule has 4 nitrogen and oxygen atoms in total. The van der Waals surface area contributed by atoms with Crippen molar-refractivity contribution in [1.82, 2.24) is 14.9 Å². The number of fused-ring (bicyclic) bond motifs is 1. The van der Waals surface area contributed by atoms with Gasteiger partial charge in [-0.1, -0.05) is 19.1 Å². The molecule has 1 N–H and O–H groups in total. The van der Waals surface area contributed by atoms with Crippen molar-refractivity contribution in [3.05, 3.63) is 30.1 Å². The van der Waals surface area contributed by atoms with Crippen LogP contribution in [0.1, 0.15) is 45.5 Å².